The first-order chi connectivity index (χ1) is 7.20. The zero-order valence-corrected chi connectivity index (χ0v) is 8.82. The Hall–Kier alpha value is -1.71. The Labute approximate surface area is 88.6 Å². The van der Waals surface area contributed by atoms with Gasteiger partial charge in [-0.05, 0) is 19.1 Å². The molecule has 0 spiro atoms. The number of rotatable bonds is 2. The van der Waals surface area contributed by atoms with E-state index in [1.165, 1.54) is 0 Å². The molecule has 1 atom stereocenters. The fourth-order valence-electron chi connectivity index (χ4n) is 1.55. The summed E-state index contributed by atoms with van der Waals surface area (Å²) >= 11 is 0. The smallest absolute Gasteiger partial charge is 0.132 e. The van der Waals surface area contributed by atoms with Gasteiger partial charge in [0.05, 0.1) is 19.2 Å². The molecule has 1 aliphatic heterocycles. The summed E-state index contributed by atoms with van der Waals surface area (Å²) in [7, 11) is 1.57. The molecule has 80 valence electrons. The molecule has 4 heteroatoms. The molecule has 1 aliphatic rings. The summed E-state index contributed by atoms with van der Waals surface area (Å²) in [5.41, 5.74) is 0.722. The van der Waals surface area contributed by atoms with Crippen molar-refractivity contribution >= 4 is 5.84 Å². The van der Waals surface area contributed by atoms with Crippen LogP contribution < -0.4 is 10.1 Å². The molecule has 0 amide bonds. The van der Waals surface area contributed by atoms with Crippen LogP contribution in [0.2, 0.25) is 0 Å². The van der Waals surface area contributed by atoms with Crippen molar-refractivity contribution in [2.75, 3.05) is 13.7 Å². The van der Waals surface area contributed by atoms with E-state index in [0.29, 0.717) is 11.8 Å². The fraction of sp³-hybridized carbons (Fsp3) is 0.364. The molecule has 15 heavy (non-hydrogen) atoms. The van der Waals surface area contributed by atoms with Crippen LogP contribution in [-0.2, 0) is 0 Å². The van der Waals surface area contributed by atoms with Crippen LogP contribution in [0.15, 0.2) is 23.2 Å². The van der Waals surface area contributed by atoms with Crippen molar-refractivity contribution in [2.45, 2.75) is 13.0 Å². The van der Waals surface area contributed by atoms with Crippen LogP contribution in [0.1, 0.15) is 12.5 Å². The Balaban J connectivity index is 2.29. The lowest BCUT2D eigenvalue weighted by Crippen LogP contribution is -2.27. The topological polar surface area (TPSA) is 53.8 Å². The zero-order chi connectivity index (χ0) is 10.8. The summed E-state index contributed by atoms with van der Waals surface area (Å²) in [6.07, 6.45) is 0. The van der Waals surface area contributed by atoms with Gasteiger partial charge in [-0.3, -0.25) is 4.99 Å². The van der Waals surface area contributed by atoms with E-state index in [2.05, 4.69) is 17.2 Å². The highest BCUT2D eigenvalue weighted by Crippen LogP contribution is 2.24. The lowest BCUT2D eigenvalue weighted by molar-refractivity contribution is 0.407. The second-order valence-electron chi connectivity index (χ2n) is 3.62. The maximum absolute atomic E-state index is 9.77. The van der Waals surface area contributed by atoms with E-state index in [9.17, 15) is 5.11 Å². The average Bonchev–Trinajstić information content (AvgIpc) is 2.64. The van der Waals surface area contributed by atoms with Gasteiger partial charge in [-0.1, -0.05) is 0 Å². The van der Waals surface area contributed by atoms with Gasteiger partial charge < -0.3 is 15.2 Å². The summed E-state index contributed by atoms with van der Waals surface area (Å²) in [5.74, 6) is 1.58. The molecular weight excluding hydrogens is 192 g/mol. The number of aromatic hydroxyl groups is 1. The Morgan fingerprint density at radius 1 is 1.53 bits per heavy atom. The number of hydrogen-bond acceptors (Lipinski definition) is 4. The first-order valence-electron chi connectivity index (χ1n) is 4.89. The van der Waals surface area contributed by atoms with Gasteiger partial charge in [-0.15, -0.1) is 0 Å². The maximum atomic E-state index is 9.77. The highest BCUT2D eigenvalue weighted by Gasteiger charge is 2.17. The standard InChI is InChI=1S/C11H14N2O2/c1-7-6-12-11(13-7)9-4-3-8(15-2)5-10(9)14/h3-5,7,14H,6H2,1-2H3,(H,12,13)/t7-/m1/s1. The van der Waals surface area contributed by atoms with E-state index in [-0.39, 0.29) is 5.75 Å². The van der Waals surface area contributed by atoms with Gasteiger partial charge in [0.15, 0.2) is 0 Å². The number of amidine groups is 1. The molecule has 0 fully saturated rings. The predicted octanol–water partition coefficient (Wildman–Crippen LogP) is 1.14. The van der Waals surface area contributed by atoms with Crippen molar-refractivity contribution in [1.82, 2.24) is 5.32 Å². The number of phenols is 1. The van der Waals surface area contributed by atoms with E-state index in [0.717, 1.165) is 17.9 Å². The van der Waals surface area contributed by atoms with Gasteiger partial charge in [0, 0.05) is 12.1 Å². The molecule has 0 saturated carbocycles. The molecule has 0 unspecified atom stereocenters. The first-order valence-corrected chi connectivity index (χ1v) is 4.89. The Morgan fingerprint density at radius 2 is 2.33 bits per heavy atom. The van der Waals surface area contributed by atoms with Crippen LogP contribution in [0.4, 0.5) is 0 Å². The third-order valence-corrected chi connectivity index (χ3v) is 2.37. The SMILES string of the molecule is COc1ccc(C2=NC[C@@H](C)N2)c(O)c1. The van der Waals surface area contributed by atoms with Crippen LogP contribution in [0.25, 0.3) is 0 Å². The Bertz CT molecular complexity index is 402. The predicted molar refractivity (Wildman–Crippen MR) is 58.7 cm³/mol. The molecule has 0 bridgehead atoms. The van der Waals surface area contributed by atoms with Gasteiger partial charge in [-0.2, -0.15) is 0 Å². The molecule has 0 aromatic heterocycles. The minimum absolute atomic E-state index is 0.190. The first kappa shape index (κ1) is 9.83. The number of hydrogen-bond donors (Lipinski definition) is 2. The fourth-order valence-corrected chi connectivity index (χ4v) is 1.55. The maximum Gasteiger partial charge on any atom is 0.132 e. The van der Waals surface area contributed by atoms with Crippen LogP contribution in [-0.4, -0.2) is 30.6 Å². The van der Waals surface area contributed by atoms with Crippen LogP contribution in [0, 0.1) is 0 Å². The van der Waals surface area contributed by atoms with Crippen molar-refractivity contribution in [2.24, 2.45) is 4.99 Å². The molecule has 0 radical (unpaired) electrons. The monoisotopic (exact) mass is 206 g/mol. The van der Waals surface area contributed by atoms with Gasteiger partial charge in [0.1, 0.15) is 17.3 Å². The van der Waals surface area contributed by atoms with Crippen LogP contribution in [0.3, 0.4) is 0 Å². The lowest BCUT2D eigenvalue weighted by atomic mass is 10.1. The van der Waals surface area contributed by atoms with Crippen molar-refractivity contribution < 1.29 is 9.84 Å². The van der Waals surface area contributed by atoms with Crippen molar-refractivity contribution in [1.29, 1.82) is 0 Å². The van der Waals surface area contributed by atoms with E-state index in [4.69, 9.17) is 4.74 Å². The van der Waals surface area contributed by atoms with Crippen LogP contribution in [0.5, 0.6) is 11.5 Å². The number of benzene rings is 1. The normalized spacial score (nSPS) is 19.6. The summed E-state index contributed by atoms with van der Waals surface area (Å²) in [6, 6.07) is 5.53. The average molecular weight is 206 g/mol. The summed E-state index contributed by atoms with van der Waals surface area (Å²) in [5, 5.41) is 13.0. The number of nitrogens with zero attached hydrogens (tertiary/aromatic N) is 1. The molecule has 1 aromatic rings. The highest BCUT2D eigenvalue weighted by atomic mass is 16.5. The second-order valence-corrected chi connectivity index (χ2v) is 3.62. The molecule has 1 aromatic carbocycles. The van der Waals surface area contributed by atoms with Crippen molar-refractivity contribution in [3.8, 4) is 11.5 Å². The van der Waals surface area contributed by atoms with E-state index in [1.54, 1.807) is 19.2 Å². The minimum atomic E-state index is 0.190. The van der Waals surface area contributed by atoms with Gasteiger partial charge >= 0.3 is 0 Å². The Kier molecular flexibility index (Phi) is 2.49. The van der Waals surface area contributed by atoms with E-state index < -0.39 is 0 Å². The summed E-state index contributed by atoms with van der Waals surface area (Å²) in [6.45, 7) is 2.80. The number of ether oxygens (including phenoxy) is 1. The minimum Gasteiger partial charge on any atom is -0.507 e. The van der Waals surface area contributed by atoms with E-state index in [1.807, 2.05) is 6.07 Å². The molecule has 2 rings (SSSR count). The quantitative estimate of drug-likeness (QED) is 0.763. The number of methoxy groups -OCH3 is 1. The molecule has 2 N–H and O–H groups in total. The van der Waals surface area contributed by atoms with E-state index >= 15 is 0 Å². The van der Waals surface area contributed by atoms with Gasteiger partial charge in [0.2, 0.25) is 0 Å². The summed E-state index contributed by atoms with van der Waals surface area (Å²) < 4.78 is 5.01. The molecule has 4 nitrogen and oxygen atoms in total. The largest absolute Gasteiger partial charge is 0.507 e. The number of phenolic OH excluding ortho intramolecular Hbond substituents is 1. The molecule has 0 saturated heterocycles. The molecule has 1 heterocycles. The Morgan fingerprint density at radius 3 is 2.87 bits per heavy atom. The zero-order valence-electron chi connectivity index (χ0n) is 8.82. The molecular formula is C11H14N2O2. The number of nitrogens with one attached hydrogen (secondary N) is 1. The summed E-state index contributed by atoms with van der Waals surface area (Å²) in [4.78, 5) is 4.31. The van der Waals surface area contributed by atoms with Gasteiger partial charge in [0.25, 0.3) is 0 Å². The van der Waals surface area contributed by atoms with Gasteiger partial charge in [-0.25, -0.2) is 0 Å². The highest BCUT2D eigenvalue weighted by molar-refractivity contribution is 6.02. The van der Waals surface area contributed by atoms with Crippen LogP contribution >= 0.6 is 0 Å². The third kappa shape index (κ3) is 1.88. The number of aliphatic imine (C=N–C) groups is 1. The lowest BCUT2D eigenvalue weighted by Gasteiger charge is -2.08. The van der Waals surface area contributed by atoms with Crippen molar-refractivity contribution in [3.05, 3.63) is 23.8 Å². The molecule has 0 aliphatic carbocycles. The second kappa shape index (κ2) is 3.81. The van der Waals surface area contributed by atoms with Crippen molar-refractivity contribution in [3.63, 3.8) is 0 Å². The third-order valence-electron chi connectivity index (χ3n) is 2.37.